The maximum atomic E-state index is 12.3. The van der Waals surface area contributed by atoms with Crippen LogP contribution in [0, 0.1) is 0 Å². The zero-order valence-electron chi connectivity index (χ0n) is 11.5. The first-order valence-electron chi connectivity index (χ1n) is 6.81. The lowest BCUT2D eigenvalue weighted by Gasteiger charge is -2.23. The van der Waals surface area contributed by atoms with Crippen LogP contribution >= 0.6 is 0 Å². The van der Waals surface area contributed by atoms with Gasteiger partial charge in [-0.2, -0.15) is 8.42 Å². The molecule has 0 unspecified atom stereocenters. The minimum absolute atomic E-state index is 0.155. The molecule has 0 radical (unpaired) electrons. The number of hydrogen-bond acceptors (Lipinski definition) is 4. The molecule has 4 nitrogen and oxygen atoms in total. The summed E-state index contributed by atoms with van der Waals surface area (Å²) in [6.07, 6.45) is 0. The predicted molar refractivity (Wildman–Crippen MR) is 83.1 cm³/mol. The van der Waals surface area contributed by atoms with Crippen molar-refractivity contribution in [1.29, 1.82) is 0 Å². The Balaban J connectivity index is 2.23. The first kappa shape index (κ1) is 13.3. The average Bonchev–Trinajstić information content (AvgIpc) is 2.53. The molecule has 0 bridgehead atoms. The zero-order valence-corrected chi connectivity index (χ0v) is 12.3. The Kier molecular flexibility index (Phi) is 2.76. The van der Waals surface area contributed by atoms with Crippen molar-refractivity contribution in [2.24, 2.45) is 0 Å². The third kappa shape index (κ3) is 1.76. The van der Waals surface area contributed by atoms with E-state index in [2.05, 4.69) is 0 Å². The first-order chi connectivity index (χ1) is 10.6. The van der Waals surface area contributed by atoms with Gasteiger partial charge in [-0.25, -0.2) is 0 Å². The smallest absolute Gasteiger partial charge is 0.339 e. The highest BCUT2D eigenvalue weighted by atomic mass is 32.2. The van der Waals surface area contributed by atoms with E-state index in [9.17, 15) is 13.5 Å². The lowest BCUT2D eigenvalue weighted by Crippen LogP contribution is -2.17. The van der Waals surface area contributed by atoms with E-state index >= 15 is 0 Å². The summed E-state index contributed by atoms with van der Waals surface area (Å²) in [6, 6.07) is 16.2. The number of aliphatic hydroxyl groups excluding tert-OH is 1. The largest absolute Gasteiger partial charge is 0.392 e. The molecule has 0 fully saturated rings. The molecule has 0 atom stereocenters. The molecule has 22 heavy (non-hydrogen) atoms. The van der Waals surface area contributed by atoms with Gasteiger partial charge in [-0.15, -0.1) is 0 Å². The van der Waals surface area contributed by atoms with Gasteiger partial charge in [0, 0.05) is 16.7 Å². The summed E-state index contributed by atoms with van der Waals surface area (Å²) in [6.45, 7) is -0.287. The van der Waals surface area contributed by atoms with Gasteiger partial charge in [0.2, 0.25) is 0 Å². The van der Waals surface area contributed by atoms with Crippen LogP contribution in [0.2, 0.25) is 0 Å². The fourth-order valence-corrected chi connectivity index (χ4v) is 4.10. The van der Waals surface area contributed by atoms with Crippen molar-refractivity contribution in [3.05, 3.63) is 60.2 Å². The van der Waals surface area contributed by atoms with Crippen molar-refractivity contribution in [3.8, 4) is 16.9 Å². The molecule has 5 heteroatoms. The first-order valence-corrected chi connectivity index (χ1v) is 8.22. The second-order valence-corrected chi connectivity index (χ2v) is 6.67. The summed E-state index contributed by atoms with van der Waals surface area (Å²) in [5.41, 5.74) is 1.79. The standard InChI is InChI=1S/C17H12O4S/c18-10-12-9-11-5-1-2-6-13(11)16-14-7-3-4-8-15(14)22(19,20)21-17(12)16/h1-9,18H,10H2. The maximum Gasteiger partial charge on any atom is 0.339 e. The quantitative estimate of drug-likeness (QED) is 0.701. The van der Waals surface area contributed by atoms with Crippen molar-refractivity contribution in [2.75, 3.05) is 0 Å². The predicted octanol–water partition coefficient (Wildman–Crippen LogP) is 3.08. The van der Waals surface area contributed by atoms with E-state index in [4.69, 9.17) is 4.18 Å². The third-order valence-corrected chi connectivity index (χ3v) is 5.15. The number of benzene rings is 3. The van der Waals surface area contributed by atoms with Gasteiger partial charge in [0.1, 0.15) is 4.90 Å². The number of aliphatic hydroxyl groups is 1. The molecule has 0 aromatic heterocycles. The van der Waals surface area contributed by atoms with Crippen LogP contribution in [-0.4, -0.2) is 13.5 Å². The molecule has 1 heterocycles. The van der Waals surface area contributed by atoms with Crippen LogP contribution in [0.5, 0.6) is 5.75 Å². The molecule has 0 saturated heterocycles. The molecule has 1 aliphatic heterocycles. The Morgan fingerprint density at radius 2 is 1.73 bits per heavy atom. The van der Waals surface area contributed by atoms with E-state index in [1.54, 1.807) is 24.3 Å². The fourth-order valence-electron chi connectivity index (χ4n) is 2.91. The van der Waals surface area contributed by atoms with Crippen LogP contribution in [-0.2, 0) is 16.7 Å². The number of rotatable bonds is 1. The Hall–Kier alpha value is -2.37. The molecule has 1 N–H and O–H groups in total. The summed E-state index contributed by atoms with van der Waals surface area (Å²) in [5.74, 6) is 0.222. The molecule has 110 valence electrons. The van der Waals surface area contributed by atoms with Gasteiger partial charge in [-0.05, 0) is 22.9 Å². The molecule has 0 saturated carbocycles. The summed E-state index contributed by atoms with van der Waals surface area (Å²) in [5, 5.41) is 11.4. The van der Waals surface area contributed by atoms with Crippen LogP contribution in [0.15, 0.2) is 59.5 Å². The number of hydrogen-bond donors (Lipinski definition) is 1. The van der Waals surface area contributed by atoms with E-state index in [1.807, 2.05) is 24.3 Å². The zero-order chi connectivity index (χ0) is 15.3. The SMILES string of the molecule is O=S1(=O)Oc2c(CO)cc3ccccc3c2-c2ccccc21. The topological polar surface area (TPSA) is 63.6 Å². The van der Waals surface area contributed by atoms with Crippen molar-refractivity contribution < 1.29 is 17.7 Å². The normalized spacial score (nSPS) is 15.0. The van der Waals surface area contributed by atoms with E-state index < -0.39 is 10.1 Å². The Morgan fingerprint density at radius 1 is 1.00 bits per heavy atom. The second-order valence-electron chi connectivity index (χ2n) is 5.15. The molecule has 0 amide bonds. The van der Waals surface area contributed by atoms with Crippen LogP contribution in [0.1, 0.15) is 5.56 Å². The average molecular weight is 312 g/mol. The van der Waals surface area contributed by atoms with Crippen molar-refractivity contribution in [2.45, 2.75) is 11.5 Å². The highest BCUT2D eigenvalue weighted by molar-refractivity contribution is 7.87. The highest BCUT2D eigenvalue weighted by Crippen LogP contribution is 2.46. The highest BCUT2D eigenvalue weighted by Gasteiger charge is 2.32. The molecule has 3 aromatic carbocycles. The lowest BCUT2D eigenvalue weighted by atomic mass is 9.94. The Morgan fingerprint density at radius 3 is 2.55 bits per heavy atom. The van der Waals surface area contributed by atoms with E-state index in [0.717, 1.165) is 10.8 Å². The van der Waals surface area contributed by atoms with Gasteiger partial charge in [0.05, 0.1) is 6.61 Å². The van der Waals surface area contributed by atoms with Gasteiger partial charge in [-0.3, -0.25) is 0 Å². The van der Waals surface area contributed by atoms with Gasteiger partial charge >= 0.3 is 10.1 Å². The van der Waals surface area contributed by atoms with Gasteiger partial charge < -0.3 is 9.29 Å². The molecule has 0 spiro atoms. The fraction of sp³-hybridized carbons (Fsp3) is 0.0588. The maximum absolute atomic E-state index is 12.3. The summed E-state index contributed by atoms with van der Waals surface area (Å²) in [7, 11) is -3.87. The minimum atomic E-state index is -3.87. The molecule has 1 aliphatic rings. The molecular weight excluding hydrogens is 300 g/mol. The van der Waals surface area contributed by atoms with E-state index in [0.29, 0.717) is 16.7 Å². The molecular formula is C17H12O4S. The van der Waals surface area contributed by atoms with Crippen LogP contribution in [0.3, 0.4) is 0 Å². The lowest BCUT2D eigenvalue weighted by molar-refractivity contribution is 0.278. The third-order valence-electron chi connectivity index (χ3n) is 3.87. The summed E-state index contributed by atoms with van der Waals surface area (Å²) < 4.78 is 30.0. The van der Waals surface area contributed by atoms with Gasteiger partial charge in [-0.1, -0.05) is 42.5 Å². The second kappa shape index (κ2) is 4.56. The Bertz CT molecular complexity index is 1010. The van der Waals surface area contributed by atoms with Crippen molar-refractivity contribution >= 4 is 20.9 Å². The van der Waals surface area contributed by atoms with Gasteiger partial charge in [0.25, 0.3) is 0 Å². The number of fused-ring (bicyclic) bond motifs is 5. The molecule has 3 aromatic rings. The van der Waals surface area contributed by atoms with Crippen LogP contribution in [0.4, 0.5) is 0 Å². The van der Waals surface area contributed by atoms with Crippen molar-refractivity contribution in [3.63, 3.8) is 0 Å². The summed E-state index contributed by atoms with van der Waals surface area (Å²) >= 11 is 0. The van der Waals surface area contributed by atoms with Gasteiger partial charge in [0.15, 0.2) is 5.75 Å². The van der Waals surface area contributed by atoms with E-state index in [-0.39, 0.29) is 17.3 Å². The van der Waals surface area contributed by atoms with Crippen LogP contribution in [0.25, 0.3) is 21.9 Å². The Labute approximate surface area is 127 Å². The van der Waals surface area contributed by atoms with Crippen LogP contribution < -0.4 is 4.18 Å². The molecule has 0 aliphatic carbocycles. The summed E-state index contributed by atoms with van der Waals surface area (Å²) in [4.78, 5) is 0.155. The molecule has 4 rings (SSSR count). The van der Waals surface area contributed by atoms with Crippen molar-refractivity contribution in [1.82, 2.24) is 0 Å². The minimum Gasteiger partial charge on any atom is -0.392 e. The monoisotopic (exact) mass is 312 g/mol. The van der Waals surface area contributed by atoms with E-state index in [1.165, 1.54) is 6.07 Å².